The molecule has 0 unspecified atom stereocenters. The van der Waals surface area contributed by atoms with E-state index in [0.29, 0.717) is 37.4 Å². The minimum Gasteiger partial charge on any atom is -0.495 e. The lowest BCUT2D eigenvalue weighted by molar-refractivity contribution is -0.117. The van der Waals surface area contributed by atoms with Crippen LogP contribution in [-0.2, 0) is 21.2 Å². The zero-order valence-electron chi connectivity index (χ0n) is 17.1. The van der Waals surface area contributed by atoms with E-state index in [2.05, 4.69) is 27.8 Å². The van der Waals surface area contributed by atoms with Crippen LogP contribution in [0.3, 0.4) is 0 Å². The summed E-state index contributed by atoms with van der Waals surface area (Å²) in [5, 5.41) is 0. The molecule has 2 aliphatic heterocycles. The number of methoxy groups -OCH3 is 1. The van der Waals surface area contributed by atoms with Crippen LogP contribution in [0.25, 0.3) is 0 Å². The number of ether oxygens (including phenoxy) is 1. The molecular formula is C22H27N3O4S. The minimum absolute atomic E-state index is 0.0123. The van der Waals surface area contributed by atoms with Crippen molar-refractivity contribution in [2.75, 3.05) is 43.1 Å². The monoisotopic (exact) mass is 429 g/mol. The van der Waals surface area contributed by atoms with Gasteiger partial charge < -0.3 is 14.5 Å². The molecule has 2 aromatic carbocycles. The van der Waals surface area contributed by atoms with Crippen molar-refractivity contribution in [3.05, 3.63) is 48.0 Å². The van der Waals surface area contributed by atoms with E-state index >= 15 is 0 Å². The molecule has 0 radical (unpaired) electrons. The Labute approximate surface area is 177 Å². The quantitative estimate of drug-likeness (QED) is 0.653. The molecule has 1 N–H and O–H groups in total. The molecule has 0 saturated carbocycles. The Morgan fingerprint density at radius 1 is 1.07 bits per heavy atom. The second-order valence-electron chi connectivity index (χ2n) is 7.60. The van der Waals surface area contributed by atoms with Gasteiger partial charge in [0.1, 0.15) is 5.75 Å². The van der Waals surface area contributed by atoms with Crippen molar-refractivity contribution in [3.63, 3.8) is 0 Å². The van der Waals surface area contributed by atoms with Crippen LogP contribution in [0.2, 0.25) is 0 Å². The van der Waals surface area contributed by atoms with E-state index in [1.165, 1.54) is 30.5 Å². The summed E-state index contributed by atoms with van der Waals surface area (Å²) in [6, 6.07) is 13.0. The molecule has 8 heteroatoms. The number of hydrogen-bond donors (Lipinski definition) is 1. The van der Waals surface area contributed by atoms with Crippen LogP contribution in [0.15, 0.2) is 47.4 Å². The third-order valence-electron chi connectivity index (χ3n) is 5.71. The van der Waals surface area contributed by atoms with E-state index in [4.69, 9.17) is 4.74 Å². The summed E-state index contributed by atoms with van der Waals surface area (Å²) in [7, 11) is -2.16. The van der Waals surface area contributed by atoms with Gasteiger partial charge in [-0.3, -0.25) is 4.79 Å². The Bertz CT molecular complexity index is 1040. The normalized spacial score (nSPS) is 16.2. The van der Waals surface area contributed by atoms with E-state index in [9.17, 15) is 13.2 Å². The van der Waals surface area contributed by atoms with Gasteiger partial charge >= 0.3 is 0 Å². The average Bonchev–Trinajstić information content (AvgIpc) is 3.37. The molecule has 0 bridgehead atoms. The molecule has 2 heterocycles. The largest absolute Gasteiger partial charge is 0.495 e. The summed E-state index contributed by atoms with van der Waals surface area (Å²) in [4.78, 5) is 16.2. The van der Waals surface area contributed by atoms with Crippen molar-refractivity contribution in [2.24, 2.45) is 0 Å². The lowest BCUT2D eigenvalue weighted by Crippen LogP contribution is -2.29. The van der Waals surface area contributed by atoms with Gasteiger partial charge in [0.2, 0.25) is 15.9 Å². The SMILES string of the molecule is COc1ccc(S(=O)(=O)NCCCN2CCc3ccccc32)cc1N1CCCC1=O. The summed E-state index contributed by atoms with van der Waals surface area (Å²) >= 11 is 0. The van der Waals surface area contributed by atoms with Gasteiger partial charge in [0.15, 0.2) is 0 Å². The van der Waals surface area contributed by atoms with E-state index < -0.39 is 10.0 Å². The summed E-state index contributed by atoms with van der Waals surface area (Å²) in [6.07, 6.45) is 2.97. The fourth-order valence-corrected chi connectivity index (χ4v) is 5.24. The van der Waals surface area contributed by atoms with Crippen LogP contribution in [-0.4, -0.2) is 47.6 Å². The third kappa shape index (κ3) is 4.15. The highest BCUT2D eigenvalue weighted by molar-refractivity contribution is 7.89. The Morgan fingerprint density at radius 2 is 1.90 bits per heavy atom. The molecule has 4 rings (SSSR count). The first-order valence-electron chi connectivity index (χ1n) is 10.3. The van der Waals surface area contributed by atoms with Gasteiger partial charge in [0.05, 0.1) is 17.7 Å². The van der Waals surface area contributed by atoms with Crippen molar-refractivity contribution in [2.45, 2.75) is 30.6 Å². The first-order valence-corrected chi connectivity index (χ1v) is 11.8. The molecule has 0 atom stereocenters. The summed E-state index contributed by atoms with van der Waals surface area (Å²) in [6.45, 7) is 2.70. The highest BCUT2D eigenvalue weighted by Crippen LogP contribution is 2.33. The zero-order valence-corrected chi connectivity index (χ0v) is 18.0. The molecule has 2 aliphatic rings. The topological polar surface area (TPSA) is 79.0 Å². The number of nitrogens with one attached hydrogen (secondary N) is 1. The van der Waals surface area contributed by atoms with E-state index in [-0.39, 0.29) is 10.8 Å². The predicted octanol–water partition coefficient (Wildman–Crippen LogP) is 2.55. The van der Waals surface area contributed by atoms with Crippen LogP contribution in [0.1, 0.15) is 24.8 Å². The van der Waals surface area contributed by atoms with Crippen LogP contribution in [0.4, 0.5) is 11.4 Å². The second-order valence-corrected chi connectivity index (χ2v) is 9.37. The van der Waals surface area contributed by atoms with Crippen molar-refractivity contribution >= 4 is 27.3 Å². The fourth-order valence-electron chi connectivity index (χ4n) is 4.15. The number of rotatable bonds is 8. The van der Waals surface area contributed by atoms with Crippen molar-refractivity contribution in [1.29, 1.82) is 0 Å². The Hall–Kier alpha value is -2.58. The Kier molecular flexibility index (Phi) is 5.97. The van der Waals surface area contributed by atoms with Crippen molar-refractivity contribution in [1.82, 2.24) is 4.72 Å². The molecule has 0 aliphatic carbocycles. The van der Waals surface area contributed by atoms with Crippen molar-refractivity contribution in [3.8, 4) is 5.75 Å². The summed E-state index contributed by atoms with van der Waals surface area (Å²) in [5.74, 6) is 0.485. The minimum atomic E-state index is -3.67. The van der Waals surface area contributed by atoms with Gasteiger partial charge in [-0.05, 0) is 49.1 Å². The second kappa shape index (κ2) is 8.65. The highest BCUT2D eigenvalue weighted by Gasteiger charge is 2.26. The van der Waals surface area contributed by atoms with Crippen LogP contribution < -0.4 is 19.3 Å². The maximum atomic E-state index is 12.8. The van der Waals surface area contributed by atoms with Crippen LogP contribution >= 0.6 is 0 Å². The van der Waals surface area contributed by atoms with Gasteiger partial charge in [-0.25, -0.2) is 13.1 Å². The smallest absolute Gasteiger partial charge is 0.240 e. The number of benzene rings is 2. The number of carbonyl (C=O) groups excluding carboxylic acids is 1. The summed E-state index contributed by atoms with van der Waals surface area (Å²) < 4.78 is 33.6. The molecule has 160 valence electrons. The molecule has 7 nitrogen and oxygen atoms in total. The number of anilines is 2. The number of amides is 1. The average molecular weight is 430 g/mol. The third-order valence-corrected chi connectivity index (χ3v) is 7.16. The molecule has 0 spiro atoms. The standard InChI is InChI=1S/C22H27N3O4S/c1-29-21-10-9-18(16-20(21)25-14-4-8-22(25)26)30(27,28)23-12-5-13-24-15-11-17-6-2-3-7-19(17)24/h2-3,6-7,9-10,16,23H,4-5,8,11-15H2,1H3. The van der Waals surface area contributed by atoms with Gasteiger partial charge in [-0.15, -0.1) is 0 Å². The highest BCUT2D eigenvalue weighted by atomic mass is 32.2. The van der Waals surface area contributed by atoms with Crippen molar-refractivity contribution < 1.29 is 17.9 Å². The number of hydrogen-bond acceptors (Lipinski definition) is 5. The molecule has 2 aromatic rings. The predicted molar refractivity (Wildman–Crippen MR) is 117 cm³/mol. The fraction of sp³-hybridized carbons (Fsp3) is 0.409. The lowest BCUT2D eigenvalue weighted by Gasteiger charge is -2.20. The van der Waals surface area contributed by atoms with E-state index in [1.54, 1.807) is 11.0 Å². The number of para-hydroxylation sites is 1. The maximum absolute atomic E-state index is 12.8. The van der Waals surface area contributed by atoms with E-state index in [0.717, 1.165) is 25.9 Å². The maximum Gasteiger partial charge on any atom is 0.240 e. The Morgan fingerprint density at radius 3 is 2.67 bits per heavy atom. The number of nitrogens with zero attached hydrogens (tertiary/aromatic N) is 2. The van der Waals surface area contributed by atoms with Gasteiger partial charge in [0, 0.05) is 38.3 Å². The Balaban J connectivity index is 1.39. The molecule has 1 amide bonds. The molecule has 1 saturated heterocycles. The van der Waals surface area contributed by atoms with Gasteiger partial charge in [0.25, 0.3) is 0 Å². The van der Waals surface area contributed by atoms with Gasteiger partial charge in [-0.2, -0.15) is 0 Å². The van der Waals surface area contributed by atoms with E-state index in [1.807, 2.05) is 6.07 Å². The zero-order chi connectivity index (χ0) is 21.1. The van der Waals surface area contributed by atoms with Gasteiger partial charge in [-0.1, -0.05) is 18.2 Å². The van der Waals surface area contributed by atoms with Crippen LogP contribution in [0, 0.1) is 0 Å². The number of sulfonamides is 1. The molecular weight excluding hydrogens is 402 g/mol. The van der Waals surface area contributed by atoms with Crippen LogP contribution in [0.5, 0.6) is 5.75 Å². The molecule has 0 aromatic heterocycles. The molecule has 30 heavy (non-hydrogen) atoms. The number of carbonyl (C=O) groups is 1. The lowest BCUT2D eigenvalue weighted by atomic mass is 10.2. The molecule has 1 fully saturated rings. The summed E-state index contributed by atoms with van der Waals surface area (Å²) in [5.41, 5.74) is 3.10. The first-order chi connectivity index (χ1) is 14.5. The number of fused-ring (bicyclic) bond motifs is 1. The first kappa shape index (κ1) is 20.7.